The predicted octanol–water partition coefficient (Wildman–Crippen LogP) is 3.74. The zero-order chi connectivity index (χ0) is 22.2. The topological polar surface area (TPSA) is 62.2 Å². The van der Waals surface area contributed by atoms with Crippen LogP contribution in [-0.2, 0) is 11.2 Å². The van der Waals surface area contributed by atoms with Gasteiger partial charge in [-0.2, -0.15) is 0 Å². The molecule has 0 saturated heterocycles. The number of para-hydroxylation sites is 2. The Bertz CT molecular complexity index is 840. The highest BCUT2D eigenvalue weighted by molar-refractivity contribution is 7.10. The molecule has 1 aliphatic heterocycles. The van der Waals surface area contributed by atoms with E-state index in [2.05, 4.69) is 18.4 Å². The van der Waals surface area contributed by atoms with Gasteiger partial charge in [-0.25, -0.2) is 0 Å². The number of carbonyl (C=O) groups excluding carboxylic acids is 1. The number of likely N-dealkylation sites (N-methyl/N-ethyl adjacent to an activating group) is 1. The minimum atomic E-state index is -0.396. The molecule has 2 atom stereocenters. The molecule has 7 heteroatoms. The van der Waals surface area contributed by atoms with Gasteiger partial charge in [-0.15, -0.1) is 11.3 Å². The van der Waals surface area contributed by atoms with Crippen molar-refractivity contribution in [3.8, 4) is 11.5 Å². The normalized spacial score (nSPS) is 16.8. The minimum Gasteiger partial charge on any atom is -0.493 e. The van der Waals surface area contributed by atoms with Crippen LogP contribution in [0.2, 0.25) is 0 Å². The lowest BCUT2D eigenvalue weighted by Crippen LogP contribution is -2.47. The van der Waals surface area contributed by atoms with Crippen LogP contribution >= 0.6 is 11.3 Å². The average molecular weight is 447 g/mol. The predicted molar refractivity (Wildman–Crippen MR) is 124 cm³/mol. The Balaban J connectivity index is 1.72. The smallest absolute Gasteiger partial charge is 0.237 e. The monoisotopic (exact) mass is 446 g/mol. The third kappa shape index (κ3) is 5.99. The second-order valence-electron chi connectivity index (χ2n) is 7.88. The first-order chi connectivity index (χ1) is 15.1. The van der Waals surface area contributed by atoms with E-state index < -0.39 is 6.10 Å². The van der Waals surface area contributed by atoms with E-state index in [4.69, 9.17) is 9.47 Å². The van der Waals surface area contributed by atoms with Crippen molar-refractivity contribution in [2.75, 3.05) is 39.9 Å². The van der Waals surface area contributed by atoms with E-state index in [9.17, 15) is 9.90 Å². The van der Waals surface area contributed by atoms with Gasteiger partial charge in [0.25, 0.3) is 0 Å². The van der Waals surface area contributed by atoms with E-state index in [0.29, 0.717) is 37.7 Å². The summed E-state index contributed by atoms with van der Waals surface area (Å²) in [6, 6.07) is 9.56. The number of aliphatic hydroxyl groups is 1. The second kappa shape index (κ2) is 11.5. The maximum absolute atomic E-state index is 13.3. The highest BCUT2D eigenvalue weighted by atomic mass is 32.1. The fraction of sp³-hybridized carbons (Fsp3) is 0.542. The van der Waals surface area contributed by atoms with Crippen LogP contribution in [0.4, 0.5) is 0 Å². The highest BCUT2D eigenvalue weighted by Crippen LogP contribution is 2.35. The van der Waals surface area contributed by atoms with E-state index in [1.54, 1.807) is 18.4 Å². The quantitative estimate of drug-likeness (QED) is 0.570. The van der Waals surface area contributed by atoms with Crippen molar-refractivity contribution in [1.29, 1.82) is 0 Å². The van der Waals surface area contributed by atoms with Crippen LogP contribution in [0, 0.1) is 0 Å². The SMILES string of the molecule is CCC[C@@H](O)CN(CC)CC(=O)N1CCc2sccc2[C@@H]1COc1ccccc1OC. The summed E-state index contributed by atoms with van der Waals surface area (Å²) in [5, 5.41) is 12.3. The van der Waals surface area contributed by atoms with E-state index in [1.807, 2.05) is 41.0 Å². The second-order valence-corrected chi connectivity index (χ2v) is 8.88. The number of thiophene rings is 1. The molecular weight excluding hydrogens is 412 g/mol. The maximum atomic E-state index is 13.3. The number of benzene rings is 1. The zero-order valence-electron chi connectivity index (χ0n) is 18.8. The van der Waals surface area contributed by atoms with Gasteiger partial charge in [0, 0.05) is 18.0 Å². The van der Waals surface area contributed by atoms with Crippen molar-refractivity contribution >= 4 is 17.2 Å². The van der Waals surface area contributed by atoms with Crippen molar-refractivity contribution in [2.45, 2.75) is 45.3 Å². The first-order valence-electron chi connectivity index (χ1n) is 11.1. The van der Waals surface area contributed by atoms with Crippen molar-refractivity contribution in [3.05, 3.63) is 46.2 Å². The third-order valence-electron chi connectivity index (χ3n) is 5.78. The fourth-order valence-electron chi connectivity index (χ4n) is 4.09. The molecule has 2 aromatic rings. The van der Waals surface area contributed by atoms with E-state index in [0.717, 1.165) is 25.8 Å². The lowest BCUT2D eigenvalue weighted by molar-refractivity contribution is -0.136. The molecule has 0 saturated carbocycles. The van der Waals surface area contributed by atoms with Crippen molar-refractivity contribution in [2.24, 2.45) is 0 Å². The van der Waals surface area contributed by atoms with Gasteiger partial charge in [0.05, 0.1) is 25.8 Å². The molecule has 1 amide bonds. The molecule has 0 fully saturated rings. The Kier molecular flexibility index (Phi) is 8.75. The Hall–Kier alpha value is -2.09. The molecule has 0 bridgehead atoms. The first kappa shape index (κ1) is 23.6. The molecule has 170 valence electrons. The van der Waals surface area contributed by atoms with Crippen LogP contribution in [0.3, 0.4) is 0 Å². The Morgan fingerprint density at radius 2 is 2.06 bits per heavy atom. The molecule has 2 heterocycles. The lowest BCUT2D eigenvalue weighted by Gasteiger charge is -2.37. The Morgan fingerprint density at radius 3 is 2.77 bits per heavy atom. The van der Waals surface area contributed by atoms with E-state index in [-0.39, 0.29) is 11.9 Å². The molecule has 0 spiro atoms. The third-order valence-corrected chi connectivity index (χ3v) is 6.77. The van der Waals surface area contributed by atoms with Crippen molar-refractivity contribution < 1.29 is 19.4 Å². The molecule has 31 heavy (non-hydrogen) atoms. The summed E-state index contributed by atoms with van der Waals surface area (Å²) in [6.45, 7) is 6.71. The number of ether oxygens (including phenoxy) is 2. The molecule has 1 N–H and O–H groups in total. The number of rotatable bonds is 11. The van der Waals surface area contributed by atoms with E-state index >= 15 is 0 Å². The van der Waals surface area contributed by atoms with Gasteiger partial charge in [0.15, 0.2) is 11.5 Å². The van der Waals surface area contributed by atoms with Gasteiger partial charge >= 0.3 is 0 Å². The molecule has 0 radical (unpaired) electrons. The number of hydrogen-bond acceptors (Lipinski definition) is 6. The minimum absolute atomic E-state index is 0.0797. The van der Waals surface area contributed by atoms with Gasteiger partial charge < -0.3 is 19.5 Å². The highest BCUT2D eigenvalue weighted by Gasteiger charge is 2.33. The van der Waals surface area contributed by atoms with Gasteiger partial charge in [0.2, 0.25) is 5.91 Å². The number of fused-ring (bicyclic) bond motifs is 1. The largest absolute Gasteiger partial charge is 0.493 e. The fourth-order valence-corrected chi connectivity index (χ4v) is 5.02. The number of amides is 1. The zero-order valence-corrected chi connectivity index (χ0v) is 19.6. The maximum Gasteiger partial charge on any atom is 0.237 e. The molecule has 0 unspecified atom stereocenters. The summed E-state index contributed by atoms with van der Waals surface area (Å²) < 4.78 is 11.5. The Morgan fingerprint density at radius 1 is 1.29 bits per heavy atom. The molecule has 6 nitrogen and oxygen atoms in total. The number of methoxy groups -OCH3 is 1. The van der Waals surface area contributed by atoms with Gasteiger partial charge in [-0.05, 0) is 48.5 Å². The first-order valence-corrected chi connectivity index (χ1v) is 12.0. The van der Waals surface area contributed by atoms with Crippen molar-refractivity contribution in [3.63, 3.8) is 0 Å². The summed E-state index contributed by atoms with van der Waals surface area (Å²) in [5.41, 5.74) is 1.17. The number of hydrogen-bond donors (Lipinski definition) is 1. The summed E-state index contributed by atoms with van der Waals surface area (Å²) >= 11 is 1.74. The van der Waals surface area contributed by atoms with Crippen LogP contribution in [0.25, 0.3) is 0 Å². The van der Waals surface area contributed by atoms with Gasteiger partial charge in [0.1, 0.15) is 6.61 Å². The molecule has 1 aromatic heterocycles. The lowest BCUT2D eigenvalue weighted by atomic mass is 10.0. The molecule has 0 aliphatic carbocycles. The summed E-state index contributed by atoms with van der Waals surface area (Å²) in [5.74, 6) is 1.44. The summed E-state index contributed by atoms with van der Waals surface area (Å²) in [7, 11) is 1.63. The van der Waals surface area contributed by atoms with Crippen molar-refractivity contribution in [1.82, 2.24) is 9.80 Å². The van der Waals surface area contributed by atoms with Gasteiger partial charge in [-0.3, -0.25) is 9.69 Å². The van der Waals surface area contributed by atoms with Crippen LogP contribution in [0.1, 0.15) is 43.2 Å². The van der Waals surface area contributed by atoms with Crippen LogP contribution in [0.5, 0.6) is 11.5 Å². The number of aliphatic hydroxyl groups excluding tert-OH is 1. The van der Waals surface area contributed by atoms with E-state index in [1.165, 1.54) is 10.4 Å². The summed E-state index contributed by atoms with van der Waals surface area (Å²) in [6.07, 6.45) is 2.16. The Labute approximate surface area is 189 Å². The van der Waals surface area contributed by atoms with Crippen LogP contribution < -0.4 is 9.47 Å². The molecule has 1 aliphatic rings. The number of carbonyl (C=O) groups is 1. The van der Waals surface area contributed by atoms with Crippen LogP contribution in [-0.4, -0.2) is 66.8 Å². The summed E-state index contributed by atoms with van der Waals surface area (Å²) in [4.78, 5) is 18.6. The van der Waals surface area contributed by atoms with Crippen LogP contribution in [0.15, 0.2) is 35.7 Å². The number of nitrogens with zero attached hydrogens (tertiary/aromatic N) is 2. The average Bonchev–Trinajstić information content (AvgIpc) is 3.26. The molecular formula is C24H34N2O4S. The standard InChI is InChI=1S/C24H34N2O4S/c1-4-8-18(27)15-25(5-2)16-24(28)26-13-11-23-19(12-14-31-23)20(26)17-30-22-10-7-6-9-21(22)29-3/h6-7,9-10,12,14,18,20,27H,4-5,8,11,13,15-17H2,1-3H3/t18-,20+/m1/s1. The van der Waals surface area contributed by atoms with Gasteiger partial charge in [-0.1, -0.05) is 32.4 Å². The molecule has 3 rings (SSSR count). The molecule has 1 aromatic carbocycles.